The molecule has 2 heterocycles. The number of carbonyl (C=O) groups excluding carboxylic acids is 1. The molecule has 28 heavy (non-hydrogen) atoms. The van der Waals surface area contributed by atoms with E-state index < -0.39 is 0 Å². The maximum Gasteiger partial charge on any atom is 0.226 e. The predicted molar refractivity (Wildman–Crippen MR) is 105 cm³/mol. The van der Waals surface area contributed by atoms with Crippen LogP contribution in [0.5, 0.6) is 17.2 Å². The topological polar surface area (TPSA) is 76.2 Å². The van der Waals surface area contributed by atoms with E-state index in [0.717, 1.165) is 29.7 Å². The minimum absolute atomic E-state index is 0.0398. The molecule has 6 heteroatoms. The van der Waals surface area contributed by atoms with Crippen LogP contribution >= 0.6 is 0 Å². The number of aryl methyl sites for hydroxylation is 2. The summed E-state index contributed by atoms with van der Waals surface area (Å²) in [7, 11) is 1.63. The molecule has 0 saturated carbocycles. The van der Waals surface area contributed by atoms with E-state index in [1.54, 1.807) is 7.11 Å². The first kappa shape index (κ1) is 16.9. The van der Waals surface area contributed by atoms with Crippen LogP contribution in [0.15, 0.2) is 42.6 Å². The van der Waals surface area contributed by atoms with Gasteiger partial charge in [0.2, 0.25) is 5.91 Å². The maximum absolute atomic E-state index is 12.0. The third kappa shape index (κ3) is 2.91. The number of anilines is 1. The van der Waals surface area contributed by atoms with Crippen molar-refractivity contribution in [1.29, 1.82) is 0 Å². The molecule has 1 aliphatic heterocycles. The van der Waals surface area contributed by atoms with Gasteiger partial charge >= 0.3 is 0 Å². The molecule has 1 unspecified atom stereocenters. The Morgan fingerprint density at radius 2 is 1.96 bits per heavy atom. The van der Waals surface area contributed by atoms with Crippen LogP contribution in [0.1, 0.15) is 41.0 Å². The van der Waals surface area contributed by atoms with Gasteiger partial charge in [-0.15, -0.1) is 0 Å². The van der Waals surface area contributed by atoms with Crippen molar-refractivity contribution in [2.24, 2.45) is 0 Å². The summed E-state index contributed by atoms with van der Waals surface area (Å²) in [4.78, 5) is 12.0. The Morgan fingerprint density at radius 3 is 2.86 bits per heavy atom. The number of hydrogen-bond donors (Lipinski definition) is 2. The quantitative estimate of drug-likeness (QED) is 0.717. The fourth-order valence-electron chi connectivity index (χ4n) is 4.16. The van der Waals surface area contributed by atoms with Crippen LogP contribution in [-0.4, -0.2) is 23.2 Å². The lowest BCUT2D eigenvalue weighted by Gasteiger charge is -2.23. The van der Waals surface area contributed by atoms with Crippen molar-refractivity contribution in [3.63, 3.8) is 0 Å². The number of carbonyl (C=O) groups is 1. The number of benzene rings is 2. The lowest BCUT2D eigenvalue weighted by molar-refractivity contribution is -0.116. The number of aromatic amines is 1. The molecular weight excluding hydrogens is 354 g/mol. The molecule has 0 radical (unpaired) electrons. The first-order chi connectivity index (χ1) is 13.7. The van der Waals surface area contributed by atoms with E-state index in [0.29, 0.717) is 23.7 Å². The fourth-order valence-corrected chi connectivity index (χ4v) is 4.16. The number of rotatable bonds is 4. The minimum atomic E-state index is -0.0644. The van der Waals surface area contributed by atoms with Crippen molar-refractivity contribution in [3.05, 3.63) is 64.8 Å². The van der Waals surface area contributed by atoms with Gasteiger partial charge < -0.3 is 14.8 Å². The molecule has 5 rings (SSSR count). The highest BCUT2D eigenvalue weighted by molar-refractivity contribution is 5.94. The molecule has 1 atom stereocenters. The highest BCUT2D eigenvalue weighted by Gasteiger charge is 2.29. The second-order valence-corrected chi connectivity index (χ2v) is 7.29. The maximum atomic E-state index is 12.0. The van der Waals surface area contributed by atoms with Gasteiger partial charge in [0.25, 0.3) is 0 Å². The average Bonchev–Trinajstić information content (AvgIpc) is 3.36. The smallest absolute Gasteiger partial charge is 0.226 e. The predicted octanol–water partition coefficient (Wildman–Crippen LogP) is 4.17. The fraction of sp³-hybridized carbons (Fsp3) is 0.273. The van der Waals surface area contributed by atoms with Crippen LogP contribution in [0, 0.1) is 0 Å². The van der Waals surface area contributed by atoms with Crippen molar-refractivity contribution >= 4 is 11.7 Å². The monoisotopic (exact) mass is 375 g/mol. The van der Waals surface area contributed by atoms with E-state index in [-0.39, 0.29) is 11.8 Å². The molecule has 0 bridgehead atoms. The Labute approximate surface area is 162 Å². The van der Waals surface area contributed by atoms with Crippen molar-refractivity contribution in [3.8, 4) is 17.2 Å². The van der Waals surface area contributed by atoms with E-state index in [4.69, 9.17) is 9.47 Å². The van der Waals surface area contributed by atoms with Gasteiger partial charge in [0.15, 0.2) is 17.3 Å². The zero-order chi connectivity index (χ0) is 19.1. The lowest BCUT2D eigenvalue weighted by atomic mass is 9.87. The zero-order valence-electron chi connectivity index (χ0n) is 15.6. The van der Waals surface area contributed by atoms with Crippen LogP contribution in [-0.2, 0) is 17.6 Å². The number of H-pyrrole nitrogens is 1. The van der Waals surface area contributed by atoms with E-state index in [1.807, 2.05) is 30.5 Å². The molecule has 142 valence electrons. The van der Waals surface area contributed by atoms with Crippen LogP contribution in [0.3, 0.4) is 0 Å². The second kappa shape index (κ2) is 6.71. The molecule has 6 nitrogen and oxygen atoms in total. The molecule has 0 spiro atoms. The Hall–Kier alpha value is -3.28. The second-order valence-electron chi connectivity index (χ2n) is 7.29. The van der Waals surface area contributed by atoms with Crippen LogP contribution in [0.2, 0.25) is 0 Å². The molecule has 2 aromatic carbocycles. The summed E-state index contributed by atoms with van der Waals surface area (Å²) in [5, 5.41) is 9.74. The molecule has 2 aliphatic rings. The van der Waals surface area contributed by atoms with Crippen LogP contribution in [0.4, 0.5) is 5.82 Å². The van der Waals surface area contributed by atoms with Gasteiger partial charge in [-0.3, -0.25) is 9.89 Å². The first-order valence-electron chi connectivity index (χ1n) is 9.52. The Morgan fingerprint density at radius 1 is 1.07 bits per heavy atom. The number of hydrogen-bond acceptors (Lipinski definition) is 4. The van der Waals surface area contributed by atoms with Crippen LogP contribution in [0.25, 0.3) is 0 Å². The van der Waals surface area contributed by atoms with Gasteiger partial charge in [-0.1, -0.05) is 12.1 Å². The Balaban J connectivity index is 1.45. The summed E-state index contributed by atoms with van der Waals surface area (Å²) in [5.74, 6) is 2.62. The standard InChI is InChI=1S/C22H21N3O3/c1-27-20-10-15(17-11-21(26)24-22-18(17)12-23-25-22)6-8-19(20)28-16-7-5-13-3-2-4-14(13)9-16/h5-10,12,17H,2-4,11H2,1H3,(H2,23,24,25,26). The number of ether oxygens (including phenoxy) is 2. The van der Waals surface area contributed by atoms with Crippen molar-refractivity contribution in [2.45, 2.75) is 31.6 Å². The summed E-state index contributed by atoms with van der Waals surface area (Å²) < 4.78 is 11.7. The third-order valence-corrected chi connectivity index (χ3v) is 5.58. The minimum Gasteiger partial charge on any atom is -0.493 e. The number of nitrogens with one attached hydrogen (secondary N) is 2. The normalized spacial score (nSPS) is 17.6. The van der Waals surface area contributed by atoms with E-state index in [1.165, 1.54) is 17.5 Å². The Kier molecular flexibility index (Phi) is 4.04. The zero-order valence-corrected chi connectivity index (χ0v) is 15.6. The SMILES string of the molecule is COc1cc(C2CC(=O)Nc3n[nH]cc32)ccc1Oc1ccc2c(c1)CCC2. The first-order valence-corrected chi connectivity index (χ1v) is 9.52. The van der Waals surface area contributed by atoms with E-state index in [9.17, 15) is 4.79 Å². The van der Waals surface area contributed by atoms with Crippen LogP contribution < -0.4 is 14.8 Å². The van der Waals surface area contributed by atoms with Gasteiger partial charge in [0.1, 0.15) is 5.75 Å². The molecule has 1 amide bonds. The van der Waals surface area contributed by atoms with Crippen molar-refractivity contribution < 1.29 is 14.3 Å². The van der Waals surface area contributed by atoms with Gasteiger partial charge in [-0.2, -0.15) is 5.10 Å². The molecule has 3 aromatic rings. The van der Waals surface area contributed by atoms with E-state index in [2.05, 4.69) is 27.6 Å². The van der Waals surface area contributed by atoms with Gasteiger partial charge in [0, 0.05) is 24.1 Å². The number of aromatic nitrogens is 2. The summed E-state index contributed by atoms with van der Waals surface area (Å²) in [5.41, 5.74) is 4.76. The average molecular weight is 375 g/mol. The number of nitrogens with zero attached hydrogens (tertiary/aromatic N) is 1. The highest BCUT2D eigenvalue weighted by atomic mass is 16.5. The Bertz CT molecular complexity index is 1060. The molecule has 0 saturated heterocycles. The van der Waals surface area contributed by atoms with Gasteiger partial charge in [0.05, 0.1) is 7.11 Å². The largest absolute Gasteiger partial charge is 0.493 e. The highest BCUT2D eigenvalue weighted by Crippen LogP contribution is 2.40. The summed E-state index contributed by atoms with van der Waals surface area (Å²) >= 11 is 0. The summed E-state index contributed by atoms with van der Waals surface area (Å²) in [6.45, 7) is 0. The summed E-state index contributed by atoms with van der Waals surface area (Å²) in [6, 6.07) is 12.1. The molecular formula is C22H21N3O3. The molecule has 0 fully saturated rings. The van der Waals surface area contributed by atoms with Crippen molar-refractivity contribution in [2.75, 3.05) is 12.4 Å². The number of amides is 1. The van der Waals surface area contributed by atoms with Crippen molar-refractivity contribution in [1.82, 2.24) is 10.2 Å². The van der Waals surface area contributed by atoms with Gasteiger partial charge in [-0.05, 0) is 60.2 Å². The number of fused-ring (bicyclic) bond motifs is 2. The van der Waals surface area contributed by atoms with E-state index >= 15 is 0 Å². The molecule has 1 aromatic heterocycles. The lowest BCUT2D eigenvalue weighted by Crippen LogP contribution is -2.22. The van der Waals surface area contributed by atoms with Gasteiger partial charge in [-0.25, -0.2) is 0 Å². The molecule has 2 N–H and O–H groups in total. The third-order valence-electron chi connectivity index (χ3n) is 5.58. The summed E-state index contributed by atoms with van der Waals surface area (Å²) in [6.07, 6.45) is 5.68. The number of methoxy groups -OCH3 is 1. The molecule has 1 aliphatic carbocycles.